The highest BCUT2D eigenvalue weighted by Crippen LogP contribution is 2.42. The van der Waals surface area contributed by atoms with Crippen LogP contribution in [0.1, 0.15) is 29.5 Å². The van der Waals surface area contributed by atoms with Crippen LogP contribution in [-0.2, 0) is 12.0 Å². The van der Waals surface area contributed by atoms with Gasteiger partial charge in [-0.25, -0.2) is 8.78 Å². The van der Waals surface area contributed by atoms with Crippen LogP contribution >= 0.6 is 0 Å². The number of hydrogen-bond donors (Lipinski definition) is 1. The van der Waals surface area contributed by atoms with Crippen LogP contribution in [0.25, 0.3) is 0 Å². The van der Waals surface area contributed by atoms with E-state index in [1.807, 2.05) is 18.2 Å². The van der Waals surface area contributed by atoms with Crippen molar-refractivity contribution in [3.63, 3.8) is 0 Å². The van der Waals surface area contributed by atoms with Gasteiger partial charge in [-0.05, 0) is 60.3 Å². The van der Waals surface area contributed by atoms with Crippen LogP contribution in [0.4, 0.5) is 8.78 Å². The molecule has 4 heteroatoms. The Morgan fingerprint density at radius 2 is 1.38 bits per heavy atom. The van der Waals surface area contributed by atoms with Gasteiger partial charge in [-0.3, -0.25) is 4.90 Å². The molecule has 1 saturated heterocycles. The van der Waals surface area contributed by atoms with Crippen molar-refractivity contribution in [2.24, 2.45) is 0 Å². The fourth-order valence-corrected chi connectivity index (χ4v) is 4.73. The predicted octanol–water partition coefficient (Wildman–Crippen LogP) is 4.91. The second-order valence-corrected chi connectivity index (χ2v) is 7.76. The zero-order valence-corrected chi connectivity index (χ0v) is 16.3. The summed E-state index contributed by atoms with van der Waals surface area (Å²) >= 11 is 0. The van der Waals surface area contributed by atoms with Crippen LogP contribution in [0.15, 0.2) is 78.9 Å². The summed E-state index contributed by atoms with van der Waals surface area (Å²) in [6, 6.07) is 23.0. The Bertz CT molecular complexity index is 880. The molecule has 29 heavy (non-hydrogen) atoms. The highest BCUT2D eigenvalue weighted by atomic mass is 19.1. The minimum absolute atomic E-state index is 0.0172. The molecule has 0 amide bonds. The lowest BCUT2D eigenvalue weighted by atomic mass is 9.68. The molecule has 1 unspecified atom stereocenters. The van der Waals surface area contributed by atoms with E-state index in [1.54, 1.807) is 24.3 Å². The van der Waals surface area contributed by atoms with Crippen LogP contribution in [-0.4, -0.2) is 29.2 Å². The van der Waals surface area contributed by atoms with E-state index >= 15 is 0 Å². The van der Waals surface area contributed by atoms with Gasteiger partial charge in [0.2, 0.25) is 0 Å². The number of nitrogens with zero attached hydrogens (tertiary/aromatic N) is 1. The van der Waals surface area contributed by atoms with E-state index < -0.39 is 5.41 Å². The van der Waals surface area contributed by atoms with Crippen molar-refractivity contribution in [1.82, 2.24) is 4.90 Å². The van der Waals surface area contributed by atoms with Gasteiger partial charge < -0.3 is 5.11 Å². The molecule has 3 aromatic carbocycles. The van der Waals surface area contributed by atoms with Crippen molar-refractivity contribution >= 4 is 0 Å². The van der Waals surface area contributed by atoms with Crippen LogP contribution in [0.5, 0.6) is 0 Å². The number of benzene rings is 3. The molecule has 3 aromatic rings. The topological polar surface area (TPSA) is 23.5 Å². The lowest BCUT2D eigenvalue weighted by Gasteiger charge is -2.43. The molecule has 0 saturated carbocycles. The Labute approximate surface area is 170 Å². The first-order chi connectivity index (χ1) is 14.1. The minimum Gasteiger partial charge on any atom is -0.395 e. The van der Waals surface area contributed by atoms with Crippen molar-refractivity contribution in [3.05, 3.63) is 107 Å². The Kier molecular flexibility index (Phi) is 5.74. The van der Waals surface area contributed by atoms with Gasteiger partial charge in [0.05, 0.1) is 12.0 Å². The molecule has 1 aliphatic rings. The summed E-state index contributed by atoms with van der Waals surface area (Å²) in [5, 5.41) is 10.8. The van der Waals surface area contributed by atoms with Crippen molar-refractivity contribution in [2.75, 3.05) is 13.2 Å². The quantitative estimate of drug-likeness (QED) is 0.643. The molecule has 0 spiro atoms. The molecule has 4 rings (SSSR count). The van der Waals surface area contributed by atoms with Gasteiger partial charge >= 0.3 is 0 Å². The molecule has 1 atom stereocenters. The number of likely N-dealkylation sites (tertiary alicyclic amines) is 1. The number of aliphatic hydroxyl groups excluding tert-OH is 1. The van der Waals surface area contributed by atoms with Gasteiger partial charge in [0, 0.05) is 12.6 Å². The maximum Gasteiger partial charge on any atom is 0.123 e. The van der Waals surface area contributed by atoms with Gasteiger partial charge in [0.15, 0.2) is 0 Å². The fraction of sp³-hybridized carbons (Fsp3) is 0.280. The van der Waals surface area contributed by atoms with Crippen LogP contribution in [0.2, 0.25) is 0 Å². The third-order valence-corrected chi connectivity index (χ3v) is 6.13. The fourth-order valence-electron chi connectivity index (χ4n) is 4.73. The highest BCUT2D eigenvalue weighted by Gasteiger charge is 2.46. The Balaban J connectivity index is 1.80. The van der Waals surface area contributed by atoms with E-state index in [2.05, 4.69) is 17.0 Å². The summed E-state index contributed by atoms with van der Waals surface area (Å²) in [6.45, 7) is 1.56. The zero-order chi connectivity index (χ0) is 20.3. The Morgan fingerprint density at radius 3 is 1.90 bits per heavy atom. The summed E-state index contributed by atoms with van der Waals surface area (Å²) in [7, 11) is 0. The average Bonchev–Trinajstić information content (AvgIpc) is 3.20. The van der Waals surface area contributed by atoms with Crippen molar-refractivity contribution < 1.29 is 13.9 Å². The molecular weight excluding hydrogens is 368 g/mol. The van der Waals surface area contributed by atoms with Gasteiger partial charge in [0.25, 0.3) is 0 Å². The first-order valence-electron chi connectivity index (χ1n) is 10.0. The first kappa shape index (κ1) is 19.7. The third kappa shape index (κ3) is 3.83. The summed E-state index contributed by atoms with van der Waals surface area (Å²) in [6.07, 6.45) is 1.92. The molecule has 0 bridgehead atoms. The van der Waals surface area contributed by atoms with E-state index in [0.717, 1.165) is 37.1 Å². The van der Waals surface area contributed by atoms with Gasteiger partial charge in [-0.15, -0.1) is 0 Å². The summed E-state index contributed by atoms with van der Waals surface area (Å²) in [4.78, 5) is 2.39. The van der Waals surface area contributed by atoms with Crippen LogP contribution < -0.4 is 0 Å². The van der Waals surface area contributed by atoms with Gasteiger partial charge in [-0.2, -0.15) is 0 Å². The van der Waals surface area contributed by atoms with Crippen molar-refractivity contribution in [1.29, 1.82) is 0 Å². The number of halogens is 2. The summed E-state index contributed by atoms with van der Waals surface area (Å²) < 4.78 is 27.3. The monoisotopic (exact) mass is 393 g/mol. The van der Waals surface area contributed by atoms with E-state index in [4.69, 9.17) is 0 Å². The zero-order valence-electron chi connectivity index (χ0n) is 16.3. The first-order valence-corrected chi connectivity index (χ1v) is 10.0. The van der Waals surface area contributed by atoms with Crippen molar-refractivity contribution in [3.8, 4) is 0 Å². The molecule has 1 aliphatic heterocycles. The molecule has 0 aromatic heterocycles. The second kappa shape index (κ2) is 8.44. The number of hydrogen-bond acceptors (Lipinski definition) is 2. The van der Waals surface area contributed by atoms with E-state index in [1.165, 1.54) is 29.8 Å². The summed E-state index contributed by atoms with van der Waals surface area (Å²) in [5.41, 5.74) is 2.15. The number of rotatable bonds is 6. The van der Waals surface area contributed by atoms with E-state index in [0.29, 0.717) is 0 Å². The molecule has 1 heterocycles. The smallest absolute Gasteiger partial charge is 0.123 e. The minimum atomic E-state index is -0.757. The van der Waals surface area contributed by atoms with Crippen LogP contribution in [0, 0.1) is 11.6 Å². The van der Waals surface area contributed by atoms with Crippen LogP contribution in [0.3, 0.4) is 0 Å². The standard InChI is InChI=1S/C25H25F2NO/c26-22-12-8-20(9-13-22)25(18-29,21-10-14-23(27)15-11-21)24-7-4-16-28(24)17-19-5-2-1-3-6-19/h1-3,5-6,8-15,24,29H,4,7,16-18H2. The third-order valence-electron chi connectivity index (χ3n) is 6.13. The predicted molar refractivity (Wildman–Crippen MR) is 111 cm³/mol. The van der Waals surface area contributed by atoms with E-state index in [9.17, 15) is 13.9 Å². The summed E-state index contributed by atoms with van der Waals surface area (Å²) in [5.74, 6) is -0.625. The lowest BCUT2D eigenvalue weighted by molar-refractivity contribution is 0.115. The highest BCUT2D eigenvalue weighted by molar-refractivity contribution is 5.43. The Hall–Kier alpha value is -2.56. The van der Waals surface area contributed by atoms with E-state index in [-0.39, 0.29) is 24.3 Å². The molecule has 2 nitrogen and oxygen atoms in total. The molecule has 1 N–H and O–H groups in total. The van der Waals surface area contributed by atoms with Crippen molar-refractivity contribution in [2.45, 2.75) is 30.8 Å². The lowest BCUT2D eigenvalue weighted by Crippen LogP contribution is -2.50. The molecular formula is C25H25F2NO. The Morgan fingerprint density at radius 1 is 0.828 bits per heavy atom. The van der Waals surface area contributed by atoms with Gasteiger partial charge in [-0.1, -0.05) is 54.6 Å². The number of aliphatic hydroxyl groups is 1. The maximum absolute atomic E-state index is 13.7. The molecule has 1 fully saturated rings. The molecule has 0 aliphatic carbocycles. The molecule has 150 valence electrons. The normalized spacial score (nSPS) is 17.6. The largest absolute Gasteiger partial charge is 0.395 e. The molecule has 0 radical (unpaired) electrons. The SMILES string of the molecule is OCC(c1ccc(F)cc1)(c1ccc(F)cc1)C1CCCN1Cc1ccccc1. The second-order valence-electron chi connectivity index (χ2n) is 7.76. The average molecular weight is 393 g/mol. The van der Waals surface area contributed by atoms with Gasteiger partial charge in [0.1, 0.15) is 11.6 Å². The maximum atomic E-state index is 13.7.